The smallest absolute Gasteiger partial charge is 0.220 e. The largest absolute Gasteiger partial charge is 0.394 e. The SMILES string of the molecule is CCCCCCCCCCCCCCCCCCCC/C=C/CC/C=C/CC/C=C/C(O)C(COC1OC(CO)C(OC2OC(CO)C(OC3OC(CO)C(O)C(O)C3O)C(O)C2O)C(O)C1O)NC(=O)CCCCCCCCCCCCCCCCCCCCCCCCCCCCCCCCCCC. The first-order valence-corrected chi connectivity index (χ1v) is 44.2. The van der Waals surface area contributed by atoms with Gasteiger partial charge >= 0.3 is 0 Å². The molecule has 0 aromatic heterocycles. The van der Waals surface area contributed by atoms with E-state index in [0.717, 1.165) is 44.9 Å². The van der Waals surface area contributed by atoms with Gasteiger partial charge in [-0.15, -0.1) is 0 Å². The molecule has 0 radical (unpaired) electrons. The number of ether oxygens (including phenoxy) is 6. The minimum absolute atomic E-state index is 0.237. The minimum Gasteiger partial charge on any atom is -0.394 e. The number of unbranched alkanes of at least 4 members (excludes halogenated alkanes) is 52. The van der Waals surface area contributed by atoms with Gasteiger partial charge in [0.2, 0.25) is 5.91 Å². The number of carbonyl (C=O) groups excluding carboxylic acids is 1. The lowest BCUT2D eigenvalue weighted by molar-refractivity contribution is -0.379. The van der Waals surface area contributed by atoms with Crippen molar-refractivity contribution in [3.05, 3.63) is 36.5 Å². The van der Waals surface area contributed by atoms with Gasteiger partial charge in [0.15, 0.2) is 18.9 Å². The molecule has 3 aliphatic heterocycles. The van der Waals surface area contributed by atoms with Crippen LogP contribution in [0.1, 0.15) is 380 Å². The third kappa shape index (κ3) is 46.3. The van der Waals surface area contributed by atoms with E-state index in [1.54, 1.807) is 6.08 Å². The molecule has 106 heavy (non-hydrogen) atoms. The second-order valence-corrected chi connectivity index (χ2v) is 31.7. The first-order chi connectivity index (χ1) is 51.8. The van der Waals surface area contributed by atoms with Gasteiger partial charge in [-0.3, -0.25) is 4.79 Å². The zero-order valence-corrected chi connectivity index (χ0v) is 67.2. The second kappa shape index (κ2) is 67.5. The molecule has 0 bridgehead atoms. The van der Waals surface area contributed by atoms with Gasteiger partial charge in [-0.05, 0) is 44.9 Å². The Morgan fingerprint density at radius 2 is 0.604 bits per heavy atom. The van der Waals surface area contributed by atoms with E-state index < -0.39 is 124 Å². The first kappa shape index (κ1) is 98.2. The van der Waals surface area contributed by atoms with E-state index in [2.05, 4.69) is 43.5 Å². The average molecular weight is 1510 g/mol. The summed E-state index contributed by atoms with van der Waals surface area (Å²) in [6.45, 7) is 1.78. The zero-order chi connectivity index (χ0) is 76.7. The van der Waals surface area contributed by atoms with E-state index in [4.69, 9.17) is 28.4 Å². The minimum atomic E-state index is -1.98. The van der Waals surface area contributed by atoms with Gasteiger partial charge in [-0.25, -0.2) is 0 Å². The molecule has 0 aliphatic carbocycles. The molecule has 0 aromatic carbocycles. The molecule has 17 atom stereocenters. The predicted molar refractivity (Wildman–Crippen MR) is 425 cm³/mol. The lowest BCUT2D eigenvalue weighted by Crippen LogP contribution is -2.66. The fraction of sp³-hybridized carbons (Fsp3) is 0.920. The van der Waals surface area contributed by atoms with Crippen LogP contribution in [0.25, 0.3) is 0 Å². The number of aliphatic hydroxyl groups is 11. The topological polar surface area (TPSA) is 307 Å². The summed E-state index contributed by atoms with van der Waals surface area (Å²) < 4.78 is 34.5. The van der Waals surface area contributed by atoms with Gasteiger partial charge in [0.05, 0.1) is 38.6 Å². The fourth-order valence-corrected chi connectivity index (χ4v) is 15.1. The number of hydrogen-bond donors (Lipinski definition) is 12. The number of rotatable bonds is 72. The molecule has 3 fully saturated rings. The van der Waals surface area contributed by atoms with Crippen LogP contribution in [0.4, 0.5) is 0 Å². The molecular weight excluding hydrogens is 1350 g/mol. The maximum atomic E-state index is 13.5. The Kier molecular flexibility index (Phi) is 62.5. The summed E-state index contributed by atoms with van der Waals surface area (Å²) in [5, 5.41) is 121. The number of aliphatic hydroxyl groups excluding tert-OH is 11. The van der Waals surface area contributed by atoms with Gasteiger partial charge < -0.3 is 89.9 Å². The van der Waals surface area contributed by atoms with Crippen LogP contribution in [0.3, 0.4) is 0 Å². The Morgan fingerprint density at radius 3 is 0.943 bits per heavy atom. The second-order valence-electron chi connectivity index (χ2n) is 31.7. The molecule has 3 aliphatic rings. The number of allylic oxidation sites excluding steroid dienone is 5. The van der Waals surface area contributed by atoms with Crippen molar-refractivity contribution in [3.63, 3.8) is 0 Å². The standard InChI is InChI=1S/C87H163NO18/c1-3-5-7-9-11-13-15-17-19-21-23-25-27-29-31-33-34-35-36-37-39-41-43-45-47-49-51-53-55-57-59-61-63-65-75(93)88-70(71(92)64-62-60-58-56-54-52-50-48-46-44-42-40-38-32-30-28-26-24-22-20-18-16-14-12-10-8-6-4-2)69-101-85-81(99)78(96)83(73(67-90)103-85)106-87-82(100)79(97)84(74(68-91)104-87)105-86-80(98)77(95)76(94)72(66-89)102-86/h46,48,54,56,62,64,70-74,76-87,89-92,94-100H,3-45,47,49-53,55,57-61,63,65-69H2,1-2H3,(H,88,93)/b48-46+,56-54+,64-62+. The van der Waals surface area contributed by atoms with E-state index in [9.17, 15) is 61.0 Å². The molecule has 3 rings (SSSR count). The summed E-state index contributed by atoms with van der Waals surface area (Å²) in [5.41, 5.74) is 0. The van der Waals surface area contributed by atoms with Gasteiger partial charge in [-0.2, -0.15) is 0 Å². The van der Waals surface area contributed by atoms with Crippen molar-refractivity contribution in [1.29, 1.82) is 0 Å². The highest BCUT2D eigenvalue weighted by Gasteiger charge is 2.54. The summed E-state index contributed by atoms with van der Waals surface area (Å²) in [6, 6.07) is -0.997. The van der Waals surface area contributed by atoms with Gasteiger partial charge in [0.25, 0.3) is 0 Å². The number of amides is 1. The summed E-state index contributed by atoms with van der Waals surface area (Å²) in [4.78, 5) is 13.5. The molecule has 3 saturated heterocycles. The van der Waals surface area contributed by atoms with E-state index in [1.165, 1.54) is 302 Å². The average Bonchev–Trinajstić information content (AvgIpc) is 0.781. The summed E-state index contributed by atoms with van der Waals surface area (Å²) in [5.74, 6) is -0.281. The van der Waals surface area contributed by atoms with E-state index in [1.807, 2.05) is 6.08 Å². The molecule has 1 amide bonds. The molecule has 3 heterocycles. The Balaban J connectivity index is 1.35. The van der Waals surface area contributed by atoms with Crippen LogP contribution in [-0.4, -0.2) is 193 Å². The molecule has 12 N–H and O–H groups in total. The maximum Gasteiger partial charge on any atom is 0.220 e. The number of carbonyl (C=O) groups is 1. The first-order valence-electron chi connectivity index (χ1n) is 44.2. The van der Waals surface area contributed by atoms with Crippen LogP contribution in [0.5, 0.6) is 0 Å². The Labute approximate surface area is 644 Å². The van der Waals surface area contributed by atoms with Crippen LogP contribution >= 0.6 is 0 Å². The molecule has 17 unspecified atom stereocenters. The van der Waals surface area contributed by atoms with Crippen molar-refractivity contribution in [2.24, 2.45) is 0 Å². The van der Waals surface area contributed by atoms with Crippen LogP contribution in [0.15, 0.2) is 36.5 Å². The third-order valence-corrected chi connectivity index (χ3v) is 22.2. The van der Waals surface area contributed by atoms with Crippen molar-refractivity contribution >= 4 is 5.91 Å². The monoisotopic (exact) mass is 1510 g/mol. The Bertz CT molecular complexity index is 2050. The highest BCUT2D eigenvalue weighted by molar-refractivity contribution is 5.76. The summed E-state index contributed by atoms with van der Waals surface area (Å²) >= 11 is 0. The van der Waals surface area contributed by atoms with Crippen molar-refractivity contribution in [2.75, 3.05) is 26.4 Å². The van der Waals surface area contributed by atoms with Crippen LogP contribution in [-0.2, 0) is 33.2 Å². The molecule has 0 spiro atoms. The molecule has 19 nitrogen and oxygen atoms in total. The molecular formula is C87H163NO18. The zero-order valence-electron chi connectivity index (χ0n) is 67.2. The van der Waals surface area contributed by atoms with Crippen LogP contribution in [0.2, 0.25) is 0 Å². The molecule has 0 saturated carbocycles. The normalized spacial score (nSPS) is 25.8. The summed E-state index contributed by atoms with van der Waals surface area (Å²) in [6.07, 6.45) is 58.8. The van der Waals surface area contributed by atoms with Crippen molar-refractivity contribution < 1.29 is 89.4 Å². The lowest BCUT2D eigenvalue weighted by Gasteiger charge is -2.48. The summed E-state index contributed by atoms with van der Waals surface area (Å²) in [7, 11) is 0. The van der Waals surface area contributed by atoms with Crippen molar-refractivity contribution in [2.45, 2.75) is 484 Å². The quantitative estimate of drug-likeness (QED) is 0.0199. The number of hydrogen-bond acceptors (Lipinski definition) is 18. The molecule has 0 aromatic rings. The van der Waals surface area contributed by atoms with E-state index in [0.29, 0.717) is 12.8 Å². The molecule has 19 heteroatoms. The number of nitrogens with one attached hydrogen (secondary N) is 1. The third-order valence-electron chi connectivity index (χ3n) is 22.2. The maximum absolute atomic E-state index is 13.5. The fourth-order valence-electron chi connectivity index (χ4n) is 15.1. The van der Waals surface area contributed by atoms with Crippen molar-refractivity contribution in [3.8, 4) is 0 Å². The van der Waals surface area contributed by atoms with Crippen LogP contribution < -0.4 is 5.32 Å². The Hall–Kier alpha value is -1.99. The Morgan fingerprint density at radius 1 is 0.330 bits per heavy atom. The predicted octanol–water partition coefficient (Wildman–Crippen LogP) is 16.2. The van der Waals surface area contributed by atoms with Gasteiger partial charge in [0, 0.05) is 6.42 Å². The van der Waals surface area contributed by atoms with E-state index >= 15 is 0 Å². The van der Waals surface area contributed by atoms with Gasteiger partial charge in [0.1, 0.15) is 73.2 Å². The molecule has 624 valence electrons. The highest BCUT2D eigenvalue weighted by Crippen LogP contribution is 2.34. The lowest BCUT2D eigenvalue weighted by atomic mass is 9.96. The van der Waals surface area contributed by atoms with Crippen molar-refractivity contribution in [1.82, 2.24) is 5.32 Å². The van der Waals surface area contributed by atoms with E-state index in [-0.39, 0.29) is 18.9 Å². The van der Waals surface area contributed by atoms with Gasteiger partial charge in [-0.1, -0.05) is 365 Å². The van der Waals surface area contributed by atoms with Crippen LogP contribution in [0, 0.1) is 0 Å². The highest BCUT2D eigenvalue weighted by atomic mass is 16.8.